The summed E-state index contributed by atoms with van der Waals surface area (Å²) in [5.41, 5.74) is 0.934. The molecule has 0 atom stereocenters. The minimum Gasteiger partial charge on any atom is -0.508 e. The molecule has 1 radical (unpaired) electrons. The molecule has 0 amide bonds. The average Bonchev–Trinajstić information content (AvgIpc) is 2.60. The standard InChI is InChI=1S/C17H13N3O4.Na/c21-12-5-3-6-13(11-12)23-19-20-24-16-9-4-8-15(22)17(16)14-7-1-2-10-18-14;/h1-11,21-22H;. The molecule has 1 heterocycles. The van der Waals surface area contributed by atoms with E-state index in [9.17, 15) is 10.2 Å². The Labute approximate surface area is 165 Å². The van der Waals surface area contributed by atoms with Crippen LogP contribution in [0.3, 0.4) is 0 Å². The molecule has 0 saturated heterocycles. The zero-order valence-corrected chi connectivity index (χ0v) is 15.4. The average molecular weight is 346 g/mol. The molecule has 0 fully saturated rings. The second kappa shape index (κ2) is 9.03. The van der Waals surface area contributed by atoms with Crippen LogP contribution < -0.4 is 9.68 Å². The minimum atomic E-state index is 0. The van der Waals surface area contributed by atoms with Crippen molar-refractivity contribution in [1.82, 2.24) is 4.98 Å². The van der Waals surface area contributed by atoms with Crippen LogP contribution in [0, 0.1) is 0 Å². The van der Waals surface area contributed by atoms with Crippen molar-refractivity contribution < 1.29 is 19.9 Å². The molecule has 0 spiro atoms. The van der Waals surface area contributed by atoms with Crippen LogP contribution in [0.4, 0.5) is 0 Å². The zero-order valence-electron chi connectivity index (χ0n) is 13.4. The van der Waals surface area contributed by atoms with E-state index in [4.69, 9.17) is 9.68 Å². The summed E-state index contributed by atoms with van der Waals surface area (Å²) in [4.78, 5) is 14.4. The fourth-order valence-electron chi connectivity index (χ4n) is 2.03. The molecule has 0 bridgehead atoms. The van der Waals surface area contributed by atoms with E-state index in [1.165, 1.54) is 18.2 Å². The van der Waals surface area contributed by atoms with E-state index >= 15 is 0 Å². The summed E-state index contributed by atoms with van der Waals surface area (Å²) in [5, 5.41) is 26.3. The number of hydrogen-bond donors (Lipinski definition) is 2. The molecule has 0 saturated carbocycles. The number of hydrogen-bond acceptors (Lipinski definition) is 7. The smallest absolute Gasteiger partial charge is 0.173 e. The zero-order chi connectivity index (χ0) is 16.8. The van der Waals surface area contributed by atoms with Crippen LogP contribution in [0.1, 0.15) is 0 Å². The number of phenolic OH excluding ortho intramolecular Hbond substituents is 2. The van der Waals surface area contributed by atoms with Crippen LogP contribution in [-0.4, -0.2) is 44.8 Å². The third kappa shape index (κ3) is 4.93. The monoisotopic (exact) mass is 346 g/mol. The molecule has 25 heavy (non-hydrogen) atoms. The predicted octanol–water partition coefficient (Wildman–Crippen LogP) is 3.52. The molecular formula is C17H13N3NaO4. The molecule has 3 rings (SSSR count). The van der Waals surface area contributed by atoms with Crippen molar-refractivity contribution in [2.75, 3.05) is 0 Å². The summed E-state index contributed by atoms with van der Waals surface area (Å²) in [7, 11) is 0. The maximum absolute atomic E-state index is 10.1. The van der Waals surface area contributed by atoms with Gasteiger partial charge in [0.25, 0.3) is 0 Å². The van der Waals surface area contributed by atoms with E-state index in [0.717, 1.165) is 0 Å². The molecule has 0 aliphatic heterocycles. The number of rotatable bonds is 5. The molecule has 0 unspecified atom stereocenters. The van der Waals surface area contributed by atoms with Gasteiger partial charge in [-0.1, -0.05) is 18.2 Å². The molecule has 3 aromatic rings. The van der Waals surface area contributed by atoms with Crippen LogP contribution in [0.2, 0.25) is 0 Å². The third-order valence-corrected chi connectivity index (χ3v) is 3.06. The van der Waals surface area contributed by atoms with Gasteiger partial charge in [0.15, 0.2) is 11.5 Å². The van der Waals surface area contributed by atoms with Crippen molar-refractivity contribution in [3.05, 3.63) is 66.9 Å². The van der Waals surface area contributed by atoms with Gasteiger partial charge in [0.05, 0.1) is 21.8 Å². The van der Waals surface area contributed by atoms with E-state index in [0.29, 0.717) is 17.0 Å². The van der Waals surface area contributed by atoms with Crippen molar-refractivity contribution in [2.24, 2.45) is 10.6 Å². The van der Waals surface area contributed by atoms with Crippen LogP contribution in [0.25, 0.3) is 11.3 Å². The number of aromatic hydroxyl groups is 2. The summed E-state index contributed by atoms with van der Waals surface area (Å²) in [6.45, 7) is 0. The van der Waals surface area contributed by atoms with Crippen LogP contribution in [0.5, 0.6) is 23.0 Å². The number of aromatic nitrogens is 1. The van der Waals surface area contributed by atoms with E-state index < -0.39 is 0 Å². The first-order chi connectivity index (χ1) is 11.7. The van der Waals surface area contributed by atoms with Gasteiger partial charge in [-0.3, -0.25) is 4.98 Å². The number of benzene rings is 2. The first kappa shape index (κ1) is 18.7. The Balaban J connectivity index is 0.00000225. The second-order valence-corrected chi connectivity index (χ2v) is 4.71. The Morgan fingerprint density at radius 3 is 2.40 bits per heavy atom. The summed E-state index contributed by atoms with van der Waals surface area (Å²) < 4.78 is 0. The normalized spacial score (nSPS) is 10.2. The van der Waals surface area contributed by atoms with E-state index in [1.54, 1.807) is 48.7 Å². The van der Waals surface area contributed by atoms with Gasteiger partial charge in [-0.25, -0.2) is 0 Å². The van der Waals surface area contributed by atoms with Gasteiger partial charge in [0.2, 0.25) is 0 Å². The van der Waals surface area contributed by atoms with Crippen molar-refractivity contribution in [3.63, 3.8) is 0 Å². The van der Waals surface area contributed by atoms with Gasteiger partial charge in [-0.15, -0.1) is 0 Å². The maximum atomic E-state index is 10.1. The Morgan fingerprint density at radius 1 is 0.840 bits per heavy atom. The van der Waals surface area contributed by atoms with Crippen molar-refractivity contribution in [2.45, 2.75) is 0 Å². The van der Waals surface area contributed by atoms with Gasteiger partial charge >= 0.3 is 0 Å². The molecule has 0 aliphatic rings. The van der Waals surface area contributed by atoms with Gasteiger partial charge in [-0.05, 0) is 36.4 Å². The summed E-state index contributed by atoms with van der Waals surface area (Å²) in [5.74, 6) is 0.643. The first-order valence-electron chi connectivity index (χ1n) is 7.01. The fourth-order valence-corrected chi connectivity index (χ4v) is 2.03. The van der Waals surface area contributed by atoms with E-state index in [-0.39, 0.29) is 46.8 Å². The van der Waals surface area contributed by atoms with Crippen molar-refractivity contribution in [1.29, 1.82) is 0 Å². The number of nitrogens with zero attached hydrogens (tertiary/aromatic N) is 3. The molecule has 7 nitrogen and oxygen atoms in total. The van der Waals surface area contributed by atoms with Crippen LogP contribution >= 0.6 is 0 Å². The minimum absolute atomic E-state index is 0. The Bertz CT molecular complexity index is 860. The molecule has 8 heteroatoms. The maximum Gasteiger partial charge on any atom is 0.173 e. The van der Waals surface area contributed by atoms with Gasteiger partial charge in [0.1, 0.15) is 11.5 Å². The SMILES string of the molecule is Oc1cccc(ON=NOc2cccc(O)c2-c2ccccn2)c1.[Na]. The number of pyridine rings is 1. The Kier molecular flexibility index (Phi) is 6.76. The van der Waals surface area contributed by atoms with Crippen LogP contribution in [0.15, 0.2) is 77.4 Å². The summed E-state index contributed by atoms with van der Waals surface area (Å²) >= 11 is 0. The predicted molar refractivity (Wildman–Crippen MR) is 91.3 cm³/mol. The summed E-state index contributed by atoms with van der Waals surface area (Å²) in [6.07, 6.45) is 1.61. The third-order valence-electron chi connectivity index (χ3n) is 3.06. The molecule has 2 aromatic carbocycles. The molecule has 121 valence electrons. The molecule has 2 N–H and O–H groups in total. The first-order valence-corrected chi connectivity index (χ1v) is 7.01. The Hall–Kier alpha value is -2.61. The van der Waals surface area contributed by atoms with E-state index in [1.807, 2.05) is 0 Å². The Morgan fingerprint density at radius 2 is 1.64 bits per heavy atom. The van der Waals surface area contributed by atoms with Crippen molar-refractivity contribution in [3.8, 4) is 34.3 Å². The van der Waals surface area contributed by atoms with E-state index in [2.05, 4.69) is 15.5 Å². The quantitative estimate of drug-likeness (QED) is 0.419. The number of phenols is 2. The van der Waals surface area contributed by atoms with Crippen LogP contribution in [-0.2, 0) is 0 Å². The van der Waals surface area contributed by atoms with Gasteiger partial charge in [-0.2, -0.15) is 0 Å². The molecular weight excluding hydrogens is 333 g/mol. The van der Waals surface area contributed by atoms with Crippen molar-refractivity contribution >= 4 is 29.6 Å². The van der Waals surface area contributed by atoms with Gasteiger partial charge < -0.3 is 19.9 Å². The van der Waals surface area contributed by atoms with Gasteiger partial charge in [0, 0.05) is 41.8 Å². The largest absolute Gasteiger partial charge is 0.508 e. The fraction of sp³-hybridized carbons (Fsp3) is 0. The molecule has 1 aromatic heterocycles. The molecule has 0 aliphatic carbocycles. The summed E-state index contributed by atoms with van der Waals surface area (Å²) in [6, 6.07) is 16.2. The topological polar surface area (TPSA) is 96.5 Å². The second-order valence-electron chi connectivity index (χ2n) is 4.71.